The largest absolute Gasteiger partial charge is 0.494 e. The summed E-state index contributed by atoms with van der Waals surface area (Å²) in [5, 5.41) is 0.490. The first-order valence-corrected chi connectivity index (χ1v) is 12.1. The highest BCUT2D eigenvalue weighted by molar-refractivity contribution is 5.99. The van der Waals surface area contributed by atoms with E-state index in [2.05, 4.69) is 11.8 Å². The molecule has 7 nitrogen and oxygen atoms in total. The van der Waals surface area contributed by atoms with Crippen molar-refractivity contribution in [2.24, 2.45) is 0 Å². The lowest BCUT2D eigenvalue weighted by atomic mass is 9.98. The number of amides is 1. The number of rotatable bonds is 8. The second kappa shape index (κ2) is 9.99. The van der Waals surface area contributed by atoms with Crippen LogP contribution in [0.2, 0.25) is 0 Å². The fourth-order valence-corrected chi connectivity index (χ4v) is 4.73. The molecular weight excluding hydrogens is 432 g/mol. The second-order valence-corrected chi connectivity index (χ2v) is 8.80. The highest BCUT2D eigenvalue weighted by Crippen LogP contribution is 2.38. The number of hydrogen-bond acceptors (Lipinski definition) is 6. The Morgan fingerprint density at radius 3 is 2.68 bits per heavy atom. The second-order valence-electron chi connectivity index (χ2n) is 8.80. The van der Waals surface area contributed by atoms with Crippen LogP contribution < -0.4 is 10.2 Å². The maximum absolute atomic E-state index is 13.6. The number of para-hydroxylation sites is 1. The molecular formula is C27H30N2O5. The van der Waals surface area contributed by atoms with Gasteiger partial charge in [0.25, 0.3) is 5.91 Å². The van der Waals surface area contributed by atoms with Gasteiger partial charge in [-0.3, -0.25) is 14.5 Å². The van der Waals surface area contributed by atoms with E-state index >= 15 is 0 Å². The SMILES string of the molecule is CCCCOc1cccc(C2c3c(oc4ccccc4c3=O)C(=O)N2CCN2CCOCC2)c1. The van der Waals surface area contributed by atoms with Gasteiger partial charge in [0, 0.05) is 26.2 Å². The van der Waals surface area contributed by atoms with E-state index in [9.17, 15) is 9.59 Å². The molecule has 3 aromatic rings. The topological polar surface area (TPSA) is 72.2 Å². The molecule has 2 aromatic carbocycles. The Morgan fingerprint density at radius 1 is 1.03 bits per heavy atom. The van der Waals surface area contributed by atoms with Gasteiger partial charge in [0.05, 0.1) is 36.8 Å². The number of carbonyl (C=O) groups excluding carboxylic acids is 1. The molecule has 3 heterocycles. The average molecular weight is 463 g/mol. The first-order chi connectivity index (χ1) is 16.7. The van der Waals surface area contributed by atoms with E-state index in [0.717, 1.165) is 37.2 Å². The number of carbonyl (C=O) groups is 1. The highest BCUT2D eigenvalue weighted by Gasteiger charge is 2.42. The van der Waals surface area contributed by atoms with Crippen LogP contribution in [-0.2, 0) is 4.74 Å². The minimum atomic E-state index is -0.515. The Bertz CT molecular complexity index is 1230. The number of ether oxygens (including phenoxy) is 2. The first kappa shape index (κ1) is 22.6. The van der Waals surface area contributed by atoms with Crippen LogP contribution in [0.15, 0.2) is 57.7 Å². The van der Waals surface area contributed by atoms with Crippen molar-refractivity contribution in [3.8, 4) is 5.75 Å². The van der Waals surface area contributed by atoms with Crippen molar-refractivity contribution >= 4 is 16.9 Å². The molecule has 0 radical (unpaired) electrons. The summed E-state index contributed by atoms with van der Waals surface area (Å²) < 4.78 is 17.4. The highest BCUT2D eigenvalue weighted by atomic mass is 16.5. The fourth-order valence-electron chi connectivity index (χ4n) is 4.73. The molecule has 1 atom stereocenters. The average Bonchev–Trinajstić information content (AvgIpc) is 3.15. The third-order valence-corrected chi connectivity index (χ3v) is 6.57. The molecule has 34 heavy (non-hydrogen) atoms. The van der Waals surface area contributed by atoms with E-state index < -0.39 is 6.04 Å². The summed E-state index contributed by atoms with van der Waals surface area (Å²) in [6.45, 7) is 7.01. The Morgan fingerprint density at radius 2 is 1.85 bits per heavy atom. The lowest BCUT2D eigenvalue weighted by Gasteiger charge is -2.31. The zero-order valence-electron chi connectivity index (χ0n) is 19.5. The van der Waals surface area contributed by atoms with Gasteiger partial charge in [-0.1, -0.05) is 37.6 Å². The van der Waals surface area contributed by atoms with Crippen molar-refractivity contribution in [3.63, 3.8) is 0 Å². The molecule has 7 heteroatoms. The number of morpholine rings is 1. The summed E-state index contributed by atoms with van der Waals surface area (Å²) in [7, 11) is 0. The van der Waals surface area contributed by atoms with Crippen LogP contribution in [0.5, 0.6) is 5.75 Å². The Balaban J connectivity index is 1.54. The number of unbranched alkanes of at least 4 members (excludes halogenated alkanes) is 1. The predicted molar refractivity (Wildman–Crippen MR) is 129 cm³/mol. The minimum Gasteiger partial charge on any atom is -0.494 e. The number of fused-ring (bicyclic) bond motifs is 2. The molecule has 2 aliphatic rings. The minimum absolute atomic E-state index is 0.146. The van der Waals surface area contributed by atoms with Gasteiger partial charge in [0.1, 0.15) is 11.3 Å². The molecule has 0 N–H and O–H groups in total. The molecule has 2 aliphatic heterocycles. The maximum Gasteiger partial charge on any atom is 0.290 e. The summed E-state index contributed by atoms with van der Waals surface area (Å²) in [4.78, 5) is 31.2. The van der Waals surface area contributed by atoms with Crippen LogP contribution >= 0.6 is 0 Å². The third kappa shape index (κ3) is 4.33. The lowest BCUT2D eigenvalue weighted by Crippen LogP contribution is -2.42. The van der Waals surface area contributed by atoms with Crippen molar-refractivity contribution < 1.29 is 18.7 Å². The van der Waals surface area contributed by atoms with Gasteiger partial charge >= 0.3 is 0 Å². The van der Waals surface area contributed by atoms with Crippen molar-refractivity contribution in [1.29, 1.82) is 0 Å². The standard InChI is InChI=1S/C27H30N2O5/c1-2-3-15-33-20-8-6-7-19(18-20)24-23-25(30)21-9-4-5-10-22(21)34-26(23)27(31)29(24)12-11-28-13-16-32-17-14-28/h4-10,18,24H,2-3,11-17H2,1H3. The van der Waals surface area contributed by atoms with Crippen LogP contribution in [0.3, 0.4) is 0 Å². The monoisotopic (exact) mass is 462 g/mol. The van der Waals surface area contributed by atoms with Crippen LogP contribution in [0.25, 0.3) is 11.0 Å². The molecule has 1 aromatic heterocycles. The van der Waals surface area contributed by atoms with Gasteiger partial charge in [0.15, 0.2) is 5.43 Å². The normalized spacial score (nSPS) is 18.4. The fraction of sp³-hybridized carbons (Fsp3) is 0.407. The van der Waals surface area contributed by atoms with Gasteiger partial charge in [-0.15, -0.1) is 0 Å². The van der Waals surface area contributed by atoms with E-state index in [0.29, 0.717) is 49.4 Å². The molecule has 5 rings (SSSR count). The molecule has 0 aliphatic carbocycles. The summed E-state index contributed by atoms with van der Waals surface area (Å²) in [5.41, 5.74) is 1.55. The van der Waals surface area contributed by atoms with Crippen LogP contribution in [0.1, 0.15) is 47.5 Å². The predicted octanol–water partition coefficient (Wildman–Crippen LogP) is 3.85. The van der Waals surface area contributed by atoms with Gasteiger partial charge in [-0.2, -0.15) is 0 Å². The maximum atomic E-state index is 13.6. The van der Waals surface area contributed by atoms with E-state index in [4.69, 9.17) is 13.9 Å². The summed E-state index contributed by atoms with van der Waals surface area (Å²) in [5.74, 6) is 0.645. The molecule has 0 spiro atoms. The van der Waals surface area contributed by atoms with E-state index in [1.165, 1.54) is 0 Å². The number of nitrogens with zero attached hydrogens (tertiary/aromatic N) is 2. The van der Waals surface area contributed by atoms with Crippen molar-refractivity contribution in [1.82, 2.24) is 9.80 Å². The molecule has 1 amide bonds. The zero-order valence-corrected chi connectivity index (χ0v) is 19.5. The molecule has 1 fully saturated rings. The number of hydrogen-bond donors (Lipinski definition) is 0. The molecule has 178 valence electrons. The lowest BCUT2D eigenvalue weighted by molar-refractivity contribution is 0.0314. The molecule has 1 unspecified atom stereocenters. The third-order valence-electron chi connectivity index (χ3n) is 6.57. The Kier molecular flexibility index (Phi) is 6.65. The van der Waals surface area contributed by atoms with E-state index in [1.54, 1.807) is 17.0 Å². The summed E-state index contributed by atoms with van der Waals surface area (Å²) >= 11 is 0. The van der Waals surface area contributed by atoms with E-state index in [-0.39, 0.29) is 17.1 Å². The van der Waals surface area contributed by atoms with Crippen molar-refractivity contribution in [3.05, 3.63) is 75.6 Å². The smallest absolute Gasteiger partial charge is 0.290 e. The Hall–Kier alpha value is -3.16. The van der Waals surface area contributed by atoms with Gasteiger partial charge in [-0.25, -0.2) is 0 Å². The molecule has 0 saturated carbocycles. The molecule has 1 saturated heterocycles. The zero-order chi connectivity index (χ0) is 23.5. The summed E-state index contributed by atoms with van der Waals surface area (Å²) in [6, 6.07) is 14.3. The quantitative estimate of drug-likeness (QED) is 0.474. The van der Waals surface area contributed by atoms with Gasteiger partial charge in [0.2, 0.25) is 5.76 Å². The van der Waals surface area contributed by atoms with Crippen LogP contribution in [0, 0.1) is 0 Å². The van der Waals surface area contributed by atoms with Gasteiger partial charge in [-0.05, 0) is 36.2 Å². The van der Waals surface area contributed by atoms with E-state index in [1.807, 2.05) is 36.4 Å². The first-order valence-electron chi connectivity index (χ1n) is 12.1. The summed E-state index contributed by atoms with van der Waals surface area (Å²) in [6.07, 6.45) is 2.02. The number of benzene rings is 2. The van der Waals surface area contributed by atoms with Crippen LogP contribution in [0.4, 0.5) is 0 Å². The van der Waals surface area contributed by atoms with Crippen LogP contribution in [-0.4, -0.2) is 61.7 Å². The van der Waals surface area contributed by atoms with Crippen molar-refractivity contribution in [2.75, 3.05) is 46.0 Å². The molecule has 0 bridgehead atoms. The Labute approximate surface area is 198 Å². The van der Waals surface area contributed by atoms with Crippen molar-refractivity contribution in [2.45, 2.75) is 25.8 Å². The van der Waals surface area contributed by atoms with Gasteiger partial charge < -0.3 is 18.8 Å².